The lowest BCUT2D eigenvalue weighted by atomic mass is 10.2. The van der Waals surface area contributed by atoms with E-state index in [0.717, 1.165) is 10.9 Å². The molecule has 0 radical (unpaired) electrons. The van der Waals surface area contributed by atoms with Gasteiger partial charge < -0.3 is 9.47 Å². The number of benzene rings is 1. The van der Waals surface area contributed by atoms with E-state index in [1.165, 1.54) is 0 Å². The van der Waals surface area contributed by atoms with Gasteiger partial charge in [0.2, 0.25) is 0 Å². The Bertz CT molecular complexity index is 399. The number of ether oxygens (including phenoxy) is 2. The molecule has 1 rings (SSSR count). The Balaban J connectivity index is 3.04. The van der Waals surface area contributed by atoms with E-state index in [2.05, 4.69) is 22.0 Å². The SMILES string of the molecule is CCCOc1cc(Br)c(C#N)cc1OCC. The standard InChI is InChI=1S/C12H14BrNO2/c1-3-5-16-12-7-10(13)9(8-14)6-11(12)15-4-2/h6-7H,3-5H2,1-2H3. The largest absolute Gasteiger partial charge is 0.490 e. The summed E-state index contributed by atoms with van der Waals surface area (Å²) in [6.45, 7) is 5.13. The average Bonchev–Trinajstić information content (AvgIpc) is 2.29. The number of halogens is 1. The van der Waals surface area contributed by atoms with Gasteiger partial charge >= 0.3 is 0 Å². The van der Waals surface area contributed by atoms with Crippen LogP contribution < -0.4 is 9.47 Å². The van der Waals surface area contributed by atoms with E-state index in [1.54, 1.807) is 12.1 Å². The van der Waals surface area contributed by atoms with Crippen molar-refractivity contribution in [2.45, 2.75) is 20.3 Å². The van der Waals surface area contributed by atoms with Crippen LogP contribution in [0.15, 0.2) is 16.6 Å². The number of rotatable bonds is 5. The molecule has 0 unspecified atom stereocenters. The van der Waals surface area contributed by atoms with Gasteiger partial charge in [0.25, 0.3) is 0 Å². The molecular formula is C12H14BrNO2. The molecule has 1 aromatic rings. The maximum absolute atomic E-state index is 8.90. The van der Waals surface area contributed by atoms with Crippen molar-refractivity contribution in [1.82, 2.24) is 0 Å². The summed E-state index contributed by atoms with van der Waals surface area (Å²) in [5, 5.41) is 8.90. The molecule has 0 aliphatic heterocycles. The molecule has 3 nitrogen and oxygen atoms in total. The van der Waals surface area contributed by atoms with Gasteiger partial charge in [-0.25, -0.2) is 0 Å². The summed E-state index contributed by atoms with van der Waals surface area (Å²) in [7, 11) is 0. The lowest BCUT2D eigenvalue weighted by Gasteiger charge is -2.12. The minimum absolute atomic E-state index is 0.548. The zero-order valence-corrected chi connectivity index (χ0v) is 11.0. The maximum atomic E-state index is 8.90. The topological polar surface area (TPSA) is 42.2 Å². The summed E-state index contributed by atoms with van der Waals surface area (Å²) in [6.07, 6.45) is 0.934. The highest BCUT2D eigenvalue weighted by Gasteiger charge is 2.10. The van der Waals surface area contributed by atoms with Crippen LogP contribution in [-0.4, -0.2) is 13.2 Å². The fourth-order valence-corrected chi connectivity index (χ4v) is 1.62. The highest BCUT2D eigenvalue weighted by atomic mass is 79.9. The quantitative estimate of drug-likeness (QED) is 0.831. The van der Waals surface area contributed by atoms with E-state index >= 15 is 0 Å². The van der Waals surface area contributed by atoms with Gasteiger partial charge in [0, 0.05) is 10.5 Å². The van der Waals surface area contributed by atoms with Gasteiger partial charge in [-0.15, -0.1) is 0 Å². The summed E-state index contributed by atoms with van der Waals surface area (Å²) in [5.41, 5.74) is 0.548. The van der Waals surface area contributed by atoms with E-state index < -0.39 is 0 Å². The predicted octanol–water partition coefficient (Wildman–Crippen LogP) is 3.51. The van der Waals surface area contributed by atoms with Crippen molar-refractivity contribution in [3.63, 3.8) is 0 Å². The van der Waals surface area contributed by atoms with Gasteiger partial charge in [-0.1, -0.05) is 6.92 Å². The van der Waals surface area contributed by atoms with Crippen molar-refractivity contribution in [3.05, 3.63) is 22.2 Å². The van der Waals surface area contributed by atoms with Crippen LogP contribution >= 0.6 is 15.9 Å². The van der Waals surface area contributed by atoms with Gasteiger partial charge in [-0.05, 0) is 35.3 Å². The van der Waals surface area contributed by atoms with Crippen LogP contribution in [0.2, 0.25) is 0 Å². The minimum atomic E-state index is 0.548. The fraction of sp³-hybridized carbons (Fsp3) is 0.417. The molecule has 16 heavy (non-hydrogen) atoms. The number of hydrogen-bond donors (Lipinski definition) is 0. The van der Waals surface area contributed by atoms with Gasteiger partial charge in [-0.3, -0.25) is 0 Å². The summed E-state index contributed by atoms with van der Waals surface area (Å²) in [4.78, 5) is 0. The summed E-state index contributed by atoms with van der Waals surface area (Å²) < 4.78 is 11.7. The summed E-state index contributed by atoms with van der Waals surface area (Å²) in [6, 6.07) is 5.56. The van der Waals surface area contributed by atoms with Crippen molar-refractivity contribution in [1.29, 1.82) is 5.26 Å². The van der Waals surface area contributed by atoms with Gasteiger partial charge in [0.15, 0.2) is 11.5 Å². The van der Waals surface area contributed by atoms with Crippen LogP contribution in [0.3, 0.4) is 0 Å². The minimum Gasteiger partial charge on any atom is -0.490 e. The molecule has 0 aliphatic carbocycles. The lowest BCUT2D eigenvalue weighted by Crippen LogP contribution is -2.00. The molecule has 0 N–H and O–H groups in total. The molecule has 0 heterocycles. The second-order valence-corrected chi connectivity index (χ2v) is 4.03. The van der Waals surface area contributed by atoms with Crippen molar-refractivity contribution >= 4 is 15.9 Å². The Labute approximate surface area is 104 Å². The van der Waals surface area contributed by atoms with Crippen LogP contribution in [0.1, 0.15) is 25.8 Å². The molecule has 0 amide bonds. The molecule has 0 saturated carbocycles. The van der Waals surface area contributed by atoms with Crippen LogP contribution in [0.25, 0.3) is 0 Å². The number of nitriles is 1. The van der Waals surface area contributed by atoms with Crippen LogP contribution in [0.4, 0.5) is 0 Å². The van der Waals surface area contributed by atoms with E-state index in [1.807, 2.05) is 13.8 Å². The Hall–Kier alpha value is -1.21. The van der Waals surface area contributed by atoms with Gasteiger partial charge in [-0.2, -0.15) is 5.26 Å². The molecule has 0 atom stereocenters. The van der Waals surface area contributed by atoms with Crippen LogP contribution in [0.5, 0.6) is 11.5 Å². The Morgan fingerprint density at radius 2 is 1.94 bits per heavy atom. The van der Waals surface area contributed by atoms with Crippen LogP contribution in [0, 0.1) is 11.3 Å². The molecule has 1 aromatic carbocycles. The number of hydrogen-bond acceptors (Lipinski definition) is 3. The third-order valence-electron chi connectivity index (χ3n) is 1.92. The molecule has 0 fully saturated rings. The predicted molar refractivity (Wildman–Crippen MR) is 65.8 cm³/mol. The zero-order valence-electron chi connectivity index (χ0n) is 9.42. The highest BCUT2D eigenvalue weighted by molar-refractivity contribution is 9.10. The molecule has 0 aliphatic rings. The first-order valence-electron chi connectivity index (χ1n) is 5.22. The van der Waals surface area contributed by atoms with E-state index in [0.29, 0.717) is 30.3 Å². The second-order valence-electron chi connectivity index (χ2n) is 3.17. The first-order valence-corrected chi connectivity index (χ1v) is 6.01. The summed E-state index contributed by atoms with van der Waals surface area (Å²) >= 11 is 3.33. The van der Waals surface area contributed by atoms with E-state index in [9.17, 15) is 0 Å². The highest BCUT2D eigenvalue weighted by Crippen LogP contribution is 2.33. The Morgan fingerprint density at radius 1 is 1.25 bits per heavy atom. The summed E-state index contributed by atoms with van der Waals surface area (Å²) in [5.74, 6) is 1.30. The van der Waals surface area contributed by atoms with E-state index in [-0.39, 0.29) is 0 Å². The first-order chi connectivity index (χ1) is 7.72. The van der Waals surface area contributed by atoms with E-state index in [4.69, 9.17) is 14.7 Å². The van der Waals surface area contributed by atoms with Crippen molar-refractivity contribution in [3.8, 4) is 17.6 Å². The smallest absolute Gasteiger partial charge is 0.162 e. The monoisotopic (exact) mass is 283 g/mol. The molecule has 86 valence electrons. The third kappa shape index (κ3) is 3.14. The van der Waals surface area contributed by atoms with Gasteiger partial charge in [0.05, 0.1) is 18.8 Å². The van der Waals surface area contributed by atoms with Crippen LogP contribution in [-0.2, 0) is 0 Å². The fourth-order valence-electron chi connectivity index (χ4n) is 1.21. The molecule has 0 aromatic heterocycles. The third-order valence-corrected chi connectivity index (χ3v) is 2.57. The molecule has 0 bridgehead atoms. The zero-order chi connectivity index (χ0) is 12.0. The lowest BCUT2D eigenvalue weighted by molar-refractivity contribution is 0.276. The maximum Gasteiger partial charge on any atom is 0.162 e. The van der Waals surface area contributed by atoms with Gasteiger partial charge in [0.1, 0.15) is 6.07 Å². The second kappa shape index (κ2) is 6.39. The first kappa shape index (κ1) is 12.9. The normalized spacial score (nSPS) is 9.62. The Morgan fingerprint density at radius 3 is 2.50 bits per heavy atom. The molecule has 4 heteroatoms. The van der Waals surface area contributed by atoms with Crippen molar-refractivity contribution in [2.24, 2.45) is 0 Å². The average molecular weight is 284 g/mol. The van der Waals surface area contributed by atoms with Crippen molar-refractivity contribution < 1.29 is 9.47 Å². The molecular weight excluding hydrogens is 270 g/mol. The molecule has 0 saturated heterocycles. The molecule has 0 spiro atoms. The Kier molecular flexibility index (Phi) is 5.13. The number of nitrogens with zero attached hydrogens (tertiary/aromatic N) is 1. The van der Waals surface area contributed by atoms with Crippen molar-refractivity contribution in [2.75, 3.05) is 13.2 Å².